The van der Waals surface area contributed by atoms with Gasteiger partial charge >= 0.3 is 0 Å². The quantitative estimate of drug-likeness (QED) is 0.929. The molecule has 0 spiro atoms. The third-order valence-corrected chi connectivity index (χ3v) is 4.41. The number of rotatable bonds is 3. The third-order valence-electron chi connectivity index (χ3n) is 2.92. The van der Waals surface area contributed by atoms with Crippen LogP contribution in [0.25, 0.3) is 0 Å². The van der Waals surface area contributed by atoms with E-state index in [0.29, 0.717) is 10.7 Å². The summed E-state index contributed by atoms with van der Waals surface area (Å²) in [6.45, 7) is 8.11. The molecular weight excluding hydrogens is 306 g/mol. The highest BCUT2D eigenvalue weighted by atomic mass is 35.5. The maximum Gasteiger partial charge on any atom is 0.271 e. The number of nitrogens with one attached hydrogen (secondary N) is 1. The highest BCUT2D eigenvalue weighted by Gasteiger charge is 2.21. The van der Waals surface area contributed by atoms with Crippen LogP contribution in [0, 0.1) is 0 Å². The maximum atomic E-state index is 12.2. The minimum absolute atomic E-state index is 0.0491. The number of halogens is 1. The van der Waals surface area contributed by atoms with Crippen LogP contribution in [-0.2, 0) is 5.41 Å². The summed E-state index contributed by atoms with van der Waals surface area (Å²) >= 11 is 7.31. The molecule has 0 aromatic carbocycles. The minimum atomic E-state index is -0.199. The predicted molar refractivity (Wildman–Crippen MR) is 85.9 cm³/mol. The van der Waals surface area contributed by atoms with Crippen molar-refractivity contribution in [2.24, 2.45) is 0 Å². The van der Waals surface area contributed by atoms with E-state index in [2.05, 4.69) is 36.1 Å². The first kappa shape index (κ1) is 15.9. The maximum absolute atomic E-state index is 12.2. The summed E-state index contributed by atoms with van der Waals surface area (Å²) in [5, 5.41) is 6.21. The molecule has 4 nitrogen and oxygen atoms in total. The molecule has 1 amide bonds. The second-order valence-corrected chi connectivity index (χ2v) is 7.18. The zero-order valence-corrected chi connectivity index (χ0v) is 14.0. The molecule has 2 aromatic heterocycles. The molecule has 2 aromatic rings. The molecule has 0 radical (unpaired) electrons. The van der Waals surface area contributed by atoms with E-state index < -0.39 is 0 Å². The fourth-order valence-electron chi connectivity index (χ4n) is 1.71. The van der Waals surface area contributed by atoms with Crippen LogP contribution >= 0.6 is 22.9 Å². The van der Waals surface area contributed by atoms with E-state index in [1.165, 1.54) is 11.3 Å². The Hall–Kier alpha value is -1.46. The largest absolute Gasteiger partial charge is 0.343 e. The van der Waals surface area contributed by atoms with Gasteiger partial charge in [0.25, 0.3) is 5.91 Å². The number of aromatic nitrogens is 2. The number of nitrogens with zero attached hydrogens (tertiary/aromatic N) is 2. The van der Waals surface area contributed by atoms with E-state index in [0.717, 1.165) is 10.7 Å². The molecule has 0 unspecified atom stereocenters. The first-order chi connectivity index (χ1) is 9.77. The van der Waals surface area contributed by atoms with Crippen molar-refractivity contribution in [3.05, 3.63) is 45.1 Å². The van der Waals surface area contributed by atoms with Crippen molar-refractivity contribution < 1.29 is 4.79 Å². The normalized spacial score (nSPS) is 13.0. The number of thiazole rings is 1. The minimum Gasteiger partial charge on any atom is -0.343 e. The molecule has 1 atom stereocenters. The van der Waals surface area contributed by atoms with E-state index in [4.69, 9.17) is 11.6 Å². The number of hydrogen-bond acceptors (Lipinski definition) is 4. The van der Waals surface area contributed by atoms with Crippen LogP contribution < -0.4 is 5.32 Å². The Balaban J connectivity index is 2.07. The summed E-state index contributed by atoms with van der Waals surface area (Å²) in [5.41, 5.74) is 1.16. The van der Waals surface area contributed by atoms with Gasteiger partial charge in [-0.05, 0) is 19.1 Å². The molecule has 0 bridgehead atoms. The van der Waals surface area contributed by atoms with E-state index in [-0.39, 0.29) is 17.4 Å². The van der Waals surface area contributed by atoms with Crippen molar-refractivity contribution in [1.82, 2.24) is 15.3 Å². The Bertz CT molecular complexity index is 631. The number of pyridine rings is 1. The standard InChI is InChI=1S/C15H18ClN3OS/c1-9(11-6-5-10(16)7-17-11)18-13(20)12-8-21-14(19-12)15(2,3)4/h5-9H,1-4H3,(H,18,20)/t9-/m0/s1. The Labute approximate surface area is 133 Å². The average molecular weight is 324 g/mol. The molecule has 1 N–H and O–H groups in total. The lowest BCUT2D eigenvalue weighted by molar-refractivity contribution is 0.0934. The Morgan fingerprint density at radius 2 is 2.10 bits per heavy atom. The summed E-state index contributed by atoms with van der Waals surface area (Å²) < 4.78 is 0. The number of amides is 1. The van der Waals surface area contributed by atoms with Crippen molar-refractivity contribution in [3.63, 3.8) is 0 Å². The van der Waals surface area contributed by atoms with E-state index in [1.807, 2.05) is 6.92 Å². The van der Waals surface area contributed by atoms with Gasteiger partial charge in [0, 0.05) is 17.0 Å². The van der Waals surface area contributed by atoms with E-state index >= 15 is 0 Å². The average Bonchev–Trinajstić information content (AvgIpc) is 2.88. The SMILES string of the molecule is C[C@H](NC(=O)c1csc(C(C)(C)C)n1)c1ccc(Cl)cn1. The van der Waals surface area contributed by atoms with Gasteiger partial charge in [-0.3, -0.25) is 9.78 Å². The molecule has 2 heterocycles. The fraction of sp³-hybridized carbons (Fsp3) is 0.400. The van der Waals surface area contributed by atoms with Gasteiger partial charge in [0.2, 0.25) is 0 Å². The van der Waals surface area contributed by atoms with Gasteiger partial charge in [0.1, 0.15) is 5.69 Å². The zero-order valence-electron chi connectivity index (χ0n) is 12.5. The van der Waals surface area contributed by atoms with Crippen LogP contribution in [0.4, 0.5) is 0 Å². The van der Waals surface area contributed by atoms with Gasteiger partial charge in [0.15, 0.2) is 0 Å². The molecule has 0 saturated carbocycles. The number of carbonyl (C=O) groups is 1. The number of hydrogen-bond donors (Lipinski definition) is 1. The Kier molecular flexibility index (Phi) is 4.64. The van der Waals surface area contributed by atoms with Crippen LogP contribution in [0.15, 0.2) is 23.7 Å². The van der Waals surface area contributed by atoms with E-state index in [9.17, 15) is 4.79 Å². The second kappa shape index (κ2) is 6.12. The molecule has 2 rings (SSSR count). The van der Waals surface area contributed by atoms with Gasteiger partial charge in [-0.15, -0.1) is 11.3 Å². The lowest BCUT2D eigenvalue weighted by Gasteiger charge is -2.14. The molecule has 112 valence electrons. The topological polar surface area (TPSA) is 54.9 Å². The molecular formula is C15H18ClN3OS. The van der Waals surface area contributed by atoms with Crippen molar-refractivity contribution in [2.45, 2.75) is 39.2 Å². The van der Waals surface area contributed by atoms with Gasteiger partial charge in [-0.25, -0.2) is 4.98 Å². The molecule has 0 aliphatic heterocycles. The first-order valence-corrected chi connectivity index (χ1v) is 7.91. The van der Waals surface area contributed by atoms with Gasteiger partial charge in [-0.1, -0.05) is 32.4 Å². The molecule has 0 aliphatic carbocycles. The van der Waals surface area contributed by atoms with Crippen LogP contribution in [0.3, 0.4) is 0 Å². The Morgan fingerprint density at radius 1 is 1.38 bits per heavy atom. The van der Waals surface area contributed by atoms with Crippen molar-refractivity contribution in [1.29, 1.82) is 0 Å². The molecule has 0 aliphatic rings. The van der Waals surface area contributed by atoms with Crippen LogP contribution in [0.5, 0.6) is 0 Å². The summed E-state index contributed by atoms with van der Waals surface area (Å²) in [5.74, 6) is -0.189. The zero-order chi connectivity index (χ0) is 15.6. The lowest BCUT2D eigenvalue weighted by Crippen LogP contribution is -2.27. The van der Waals surface area contributed by atoms with Crippen LogP contribution in [-0.4, -0.2) is 15.9 Å². The molecule has 0 fully saturated rings. The third kappa shape index (κ3) is 4.02. The highest BCUT2D eigenvalue weighted by molar-refractivity contribution is 7.10. The summed E-state index contributed by atoms with van der Waals surface area (Å²) in [4.78, 5) is 20.8. The summed E-state index contributed by atoms with van der Waals surface area (Å²) in [6.07, 6.45) is 1.57. The first-order valence-electron chi connectivity index (χ1n) is 6.65. The van der Waals surface area contributed by atoms with Crippen LogP contribution in [0.2, 0.25) is 5.02 Å². The molecule has 0 saturated heterocycles. The van der Waals surface area contributed by atoms with Crippen molar-refractivity contribution in [2.75, 3.05) is 0 Å². The fourth-order valence-corrected chi connectivity index (χ4v) is 2.71. The predicted octanol–water partition coefficient (Wildman–Crippen LogP) is 3.98. The molecule has 6 heteroatoms. The van der Waals surface area contributed by atoms with Gasteiger partial charge in [0.05, 0.1) is 21.8 Å². The van der Waals surface area contributed by atoms with Gasteiger partial charge < -0.3 is 5.32 Å². The van der Waals surface area contributed by atoms with Crippen LogP contribution in [0.1, 0.15) is 54.9 Å². The highest BCUT2D eigenvalue weighted by Crippen LogP contribution is 2.25. The second-order valence-electron chi connectivity index (χ2n) is 5.88. The Morgan fingerprint density at radius 3 is 2.62 bits per heavy atom. The van der Waals surface area contributed by atoms with Crippen molar-refractivity contribution in [3.8, 4) is 0 Å². The number of carbonyl (C=O) groups excluding carboxylic acids is 1. The smallest absolute Gasteiger partial charge is 0.271 e. The summed E-state index contributed by atoms with van der Waals surface area (Å²) in [7, 11) is 0. The molecule has 21 heavy (non-hydrogen) atoms. The van der Waals surface area contributed by atoms with E-state index in [1.54, 1.807) is 23.7 Å². The lowest BCUT2D eigenvalue weighted by atomic mass is 9.98. The van der Waals surface area contributed by atoms with Crippen molar-refractivity contribution >= 4 is 28.8 Å². The summed E-state index contributed by atoms with van der Waals surface area (Å²) in [6, 6.07) is 3.36. The monoisotopic (exact) mass is 323 g/mol. The van der Waals surface area contributed by atoms with Gasteiger partial charge in [-0.2, -0.15) is 0 Å².